The molecule has 0 aromatic heterocycles. The average Bonchev–Trinajstić information content (AvgIpc) is 2.03. The van der Waals surface area contributed by atoms with Gasteiger partial charge < -0.3 is 16.2 Å². The third-order valence-corrected chi connectivity index (χ3v) is 2.21. The van der Waals surface area contributed by atoms with Crippen LogP contribution in [0, 0.1) is 0 Å². The quantitative estimate of drug-likeness (QED) is 0.602. The molecule has 1 atom stereocenters. The van der Waals surface area contributed by atoms with Crippen molar-refractivity contribution in [3.8, 4) is 0 Å². The molecule has 0 aliphatic rings. The fourth-order valence-corrected chi connectivity index (χ4v) is 0.641. The van der Waals surface area contributed by atoms with Crippen LogP contribution >= 0.6 is 0 Å². The topological polar surface area (TPSA) is 92.4 Å². The third kappa shape index (κ3) is 2.99. The number of rotatable bonds is 4. The summed E-state index contributed by atoms with van der Waals surface area (Å²) in [6, 6.07) is 0. The van der Waals surface area contributed by atoms with Crippen LogP contribution in [-0.4, -0.2) is 28.1 Å². The van der Waals surface area contributed by atoms with Crippen LogP contribution in [0.2, 0.25) is 0 Å². The number of carbonyl (C=O) groups excluding carboxylic acids is 1. The van der Waals surface area contributed by atoms with Crippen molar-refractivity contribution in [2.24, 2.45) is 5.73 Å². The normalized spacial score (nSPS) is 15.8. The monoisotopic (exact) mass is 202 g/mol. The number of hydrogen-bond donors (Lipinski definition) is 3. The number of nitrogens with one attached hydrogen (secondary N) is 1. The molecule has 0 aromatic rings. The van der Waals surface area contributed by atoms with Crippen LogP contribution in [0.1, 0.15) is 34.1 Å². The van der Waals surface area contributed by atoms with Crippen LogP contribution in [0.5, 0.6) is 0 Å². The molecule has 1 unspecified atom stereocenters. The molecule has 4 N–H and O–H groups in total. The van der Waals surface area contributed by atoms with Gasteiger partial charge in [-0.25, -0.2) is 4.79 Å². The highest BCUT2D eigenvalue weighted by molar-refractivity contribution is 5.91. The summed E-state index contributed by atoms with van der Waals surface area (Å²) < 4.78 is 0. The molecule has 0 saturated heterocycles. The fraction of sp³-hybridized carbons (Fsp3) is 0.778. The van der Waals surface area contributed by atoms with Crippen LogP contribution in [0.15, 0.2) is 0 Å². The molecule has 5 nitrogen and oxygen atoms in total. The summed E-state index contributed by atoms with van der Waals surface area (Å²) in [5.41, 5.74) is 3.36. The Morgan fingerprint density at radius 1 is 1.36 bits per heavy atom. The Balaban J connectivity index is 4.56. The van der Waals surface area contributed by atoms with E-state index >= 15 is 0 Å². The molecule has 0 spiro atoms. The Morgan fingerprint density at radius 3 is 2.07 bits per heavy atom. The predicted molar refractivity (Wildman–Crippen MR) is 52.7 cm³/mol. The van der Waals surface area contributed by atoms with E-state index in [1.165, 1.54) is 13.8 Å². The van der Waals surface area contributed by atoms with E-state index in [1.54, 1.807) is 13.8 Å². The minimum atomic E-state index is -1.28. The van der Waals surface area contributed by atoms with Crippen molar-refractivity contribution in [2.45, 2.75) is 45.2 Å². The van der Waals surface area contributed by atoms with E-state index in [2.05, 4.69) is 5.32 Å². The summed E-state index contributed by atoms with van der Waals surface area (Å²) in [7, 11) is 0. The van der Waals surface area contributed by atoms with Crippen molar-refractivity contribution >= 4 is 11.9 Å². The van der Waals surface area contributed by atoms with E-state index < -0.39 is 23.0 Å². The van der Waals surface area contributed by atoms with Crippen molar-refractivity contribution in [1.82, 2.24) is 5.32 Å². The summed E-state index contributed by atoms with van der Waals surface area (Å²) in [6.07, 6.45) is 0.453. The molecule has 0 bridgehead atoms. The number of nitrogens with two attached hydrogens (primary N) is 1. The van der Waals surface area contributed by atoms with Gasteiger partial charge in [0, 0.05) is 0 Å². The minimum absolute atomic E-state index is 0.451. The molecule has 0 aliphatic carbocycles. The lowest BCUT2D eigenvalue weighted by Gasteiger charge is -2.28. The standard InChI is InChI=1S/C9H18N2O3/c1-5-9(4,10)6(12)11-8(2,3)7(13)14/h5,10H2,1-4H3,(H,11,12)(H,13,14). The third-order valence-electron chi connectivity index (χ3n) is 2.21. The molecular formula is C9H18N2O3. The smallest absolute Gasteiger partial charge is 0.328 e. The van der Waals surface area contributed by atoms with Crippen molar-refractivity contribution in [2.75, 3.05) is 0 Å². The van der Waals surface area contributed by atoms with E-state index in [0.717, 1.165) is 0 Å². The highest BCUT2D eigenvalue weighted by Gasteiger charge is 2.34. The maximum atomic E-state index is 11.5. The van der Waals surface area contributed by atoms with Gasteiger partial charge in [-0.1, -0.05) is 6.92 Å². The minimum Gasteiger partial charge on any atom is -0.480 e. The average molecular weight is 202 g/mol. The highest BCUT2D eigenvalue weighted by Crippen LogP contribution is 2.09. The number of hydrogen-bond acceptors (Lipinski definition) is 3. The Morgan fingerprint density at radius 2 is 1.79 bits per heavy atom. The second-order valence-electron chi connectivity index (χ2n) is 4.16. The number of aliphatic carboxylic acids is 1. The van der Waals surface area contributed by atoms with Gasteiger partial charge in [0.2, 0.25) is 5.91 Å². The van der Waals surface area contributed by atoms with Gasteiger partial charge in [-0.05, 0) is 27.2 Å². The highest BCUT2D eigenvalue weighted by atomic mass is 16.4. The maximum Gasteiger partial charge on any atom is 0.328 e. The van der Waals surface area contributed by atoms with E-state index in [4.69, 9.17) is 10.8 Å². The summed E-state index contributed by atoms with van der Waals surface area (Å²) >= 11 is 0. The van der Waals surface area contributed by atoms with E-state index in [1.807, 2.05) is 0 Å². The van der Waals surface area contributed by atoms with E-state index in [-0.39, 0.29) is 0 Å². The number of carboxylic acids is 1. The van der Waals surface area contributed by atoms with Crippen LogP contribution < -0.4 is 11.1 Å². The van der Waals surface area contributed by atoms with Gasteiger partial charge >= 0.3 is 5.97 Å². The van der Waals surface area contributed by atoms with Gasteiger partial charge in [0.1, 0.15) is 5.54 Å². The molecular weight excluding hydrogens is 184 g/mol. The second kappa shape index (κ2) is 3.96. The first kappa shape index (κ1) is 12.9. The van der Waals surface area contributed by atoms with Crippen LogP contribution in [-0.2, 0) is 9.59 Å². The molecule has 82 valence electrons. The molecule has 5 heteroatoms. The van der Waals surface area contributed by atoms with Crippen molar-refractivity contribution in [3.63, 3.8) is 0 Å². The Labute approximate surface area is 83.7 Å². The Kier molecular flexibility index (Phi) is 3.65. The van der Waals surface area contributed by atoms with E-state index in [9.17, 15) is 9.59 Å². The molecule has 1 amide bonds. The Bertz CT molecular complexity index is 246. The lowest BCUT2D eigenvalue weighted by Crippen LogP contribution is -2.59. The molecule has 0 radical (unpaired) electrons. The number of amides is 1. The van der Waals surface area contributed by atoms with Gasteiger partial charge in [-0.3, -0.25) is 4.79 Å². The molecule has 0 saturated carbocycles. The van der Waals surface area contributed by atoms with Gasteiger partial charge in [-0.15, -0.1) is 0 Å². The van der Waals surface area contributed by atoms with Gasteiger partial charge in [-0.2, -0.15) is 0 Å². The van der Waals surface area contributed by atoms with Crippen molar-refractivity contribution < 1.29 is 14.7 Å². The van der Waals surface area contributed by atoms with Crippen LogP contribution in [0.3, 0.4) is 0 Å². The number of carboxylic acid groups (broad SMARTS) is 1. The molecule has 0 heterocycles. The SMILES string of the molecule is CCC(C)(N)C(=O)NC(C)(C)C(=O)O. The zero-order valence-electron chi connectivity index (χ0n) is 9.05. The molecule has 14 heavy (non-hydrogen) atoms. The molecule has 0 fully saturated rings. The zero-order chi connectivity index (χ0) is 11.6. The first-order chi connectivity index (χ1) is 6.13. The largest absolute Gasteiger partial charge is 0.480 e. The van der Waals surface area contributed by atoms with Gasteiger partial charge in [0.25, 0.3) is 0 Å². The van der Waals surface area contributed by atoms with E-state index in [0.29, 0.717) is 6.42 Å². The van der Waals surface area contributed by atoms with Gasteiger partial charge in [0.15, 0.2) is 0 Å². The summed E-state index contributed by atoms with van der Waals surface area (Å²) in [6.45, 7) is 6.17. The summed E-state index contributed by atoms with van der Waals surface area (Å²) in [4.78, 5) is 22.2. The maximum absolute atomic E-state index is 11.5. The van der Waals surface area contributed by atoms with Crippen molar-refractivity contribution in [1.29, 1.82) is 0 Å². The first-order valence-electron chi connectivity index (χ1n) is 4.48. The predicted octanol–water partition coefficient (Wildman–Crippen LogP) is 0.0932. The van der Waals surface area contributed by atoms with Crippen LogP contribution in [0.25, 0.3) is 0 Å². The number of carbonyl (C=O) groups is 2. The van der Waals surface area contributed by atoms with Crippen molar-refractivity contribution in [3.05, 3.63) is 0 Å². The summed E-state index contributed by atoms with van der Waals surface area (Å²) in [5, 5.41) is 11.2. The molecule has 0 rings (SSSR count). The zero-order valence-corrected chi connectivity index (χ0v) is 9.05. The van der Waals surface area contributed by atoms with Gasteiger partial charge in [0.05, 0.1) is 5.54 Å². The summed E-state index contributed by atoms with van der Waals surface area (Å²) in [5.74, 6) is -1.54. The second-order valence-corrected chi connectivity index (χ2v) is 4.16. The molecule has 0 aliphatic heterocycles. The van der Waals surface area contributed by atoms with Crippen LogP contribution in [0.4, 0.5) is 0 Å². The lowest BCUT2D eigenvalue weighted by atomic mass is 9.96. The lowest BCUT2D eigenvalue weighted by molar-refractivity contribution is -0.146. The first-order valence-corrected chi connectivity index (χ1v) is 4.48. The Hall–Kier alpha value is -1.10. The fourth-order valence-electron chi connectivity index (χ4n) is 0.641. The molecule has 0 aromatic carbocycles.